The second kappa shape index (κ2) is 6.48. The zero-order chi connectivity index (χ0) is 19.1. The Kier molecular flexibility index (Phi) is 4.48. The number of rotatable bonds is 3. The van der Waals surface area contributed by atoms with Crippen molar-refractivity contribution < 1.29 is 18.0 Å². The van der Waals surface area contributed by atoms with E-state index in [1.807, 2.05) is 0 Å². The van der Waals surface area contributed by atoms with E-state index in [9.17, 15) is 18.0 Å². The molecule has 2 N–H and O–H groups in total. The minimum absolute atomic E-state index is 0.0720. The minimum Gasteiger partial charge on any atom is -0.348 e. The number of carbonyl (C=O) groups excluding carboxylic acids is 1. The van der Waals surface area contributed by atoms with Crippen molar-refractivity contribution >= 4 is 11.9 Å². The number of carbonyl (C=O) groups is 1. The second-order valence-electron chi connectivity index (χ2n) is 6.41. The molecular weight excluding hydrogens is 343 g/mol. The first-order valence-electron chi connectivity index (χ1n) is 8.05. The summed E-state index contributed by atoms with van der Waals surface area (Å²) in [4.78, 5) is 14.0. The van der Waals surface area contributed by atoms with Crippen molar-refractivity contribution in [2.24, 2.45) is 0 Å². The van der Waals surface area contributed by atoms with E-state index in [1.54, 1.807) is 12.1 Å². The first-order chi connectivity index (χ1) is 12.2. The lowest BCUT2D eigenvalue weighted by atomic mass is 9.84. The molecule has 0 radical (unpaired) electrons. The number of likely N-dealkylation sites (N-methyl/N-ethyl adjacent to an activating group) is 1. The molecule has 1 fully saturated rings. The summed E-state index contributed by atoms with van der Waals surface area (Å²) in [7, 11) is 1.47. The van der Waals surface area contributed by atoms with E-state index in [0.717, 1.165) is 6.92 Å². The predicted molar refractivity (Wildman–Crippen MR) is 91.5 cm³/mol. The van der Waals surface area contributed by atoms with Crippen LogP contribution in [0.4, 0.5) is 13.2 Å². The molecular formula is C19H18F3N3O. The van der Waals surface area contributed by atoms with Crippen LogP contribution in [0.1, 0.15) is 35.6 Å². The van der Waals surface area contributed by atoms with Crippen LogP contribution in [0, 0.1) is 11.2 Å². The highest BCUT2D eigenvalue weighted by molar-refractivity contribution is 6.01. The van der Waals surface area contributed by atoms with Gasteiger partial charge in [0.15, 0.2) is 5.96 Å². The molecule has 1 heterocycles. The third-order valence-electron chi connectivity index (χ3n) is 4.56. The Hall–Kier alpha value is -2.83. The van der Waals surface area contributed by atoms with Gasteiger partial charge in [0.05, 0.1) is 12.0 Å². The molecule has 7 heteroatoms. The molecule has 0 aromatic heterocycles. The fourth-order valence-corrected chi connectivity index (χ4v) is 3.05. The van der Waals surface area contributed by atoms with Gasteiger partial charge >= 0.3 is 0 Å². The van der Waals surface area contributed by atoms with Gasteiger partial charge in [-0.1, -0.05) is 36.4 Å². The maximum Gasteiger partial charge on any atom is 0.270 e. The van der Waals surface area contributed by atoms with Crippen molar-refractivity contribution in [1.82, 2.24) is 10.2 Å². The van der Waals surface area contributed by atoms with Gasteiger partial charge in [-0.3, -0.25) is 15.1 Å². The smallest absolute Gasteiger partial charge is 0.270 e. The molecule has 1 aliphatic rings. The lowest BCUT2D eigenvalue weighted by Crippen LogP contribution is -2.53. The fourth-order valence-electron chi connectivity index (χ4n) is 3.05. The lowest BCUT2D eigenvalue weighted by Gasteiger charge is -2.38. The van der Waals surface area contributed by atoms with E-state index in [1.165, 1.54) is 48.3 Å². The molecule has 26 heavy (non-hydrogen) atoms. The Balaban J connectivity index is 2.03. The number of nitrogens with one attached hydrogen (secondary N) is 2. The Bertz CT molecular complexity index is 829. The highest BCUT2D eigenvalue weighted by Crippen LogP contribution is 2.36. The summed E-state index contributed by atoms with van der Waals surface area (Å²) in [6.45, 7) is 0.811. The van der Waals surface area contributed by atoms with Gasteiger partial charge in [0.1, 0.15) is 5.82 Å². The molecule has 1 amide bonds. The van der Waals surface area contributed by atoms with Crippen LogP contribution in [0.2, 0.25) is 0 Å². The van der Waals surface area contributed by atoms with Crippen molar-refractivity contribution in [3.8, 4) is 0 Å². The van der Waals surface area contributed by atoms with Gasteiger partial charge in [-0.2, -0.15) is 0 Å². The zero-order valence-electron chi connectivity index (χ0n) is 14.3. The van der Waals surface area contributed by atoms with Crippen molar-refractivity contribution in [1.29, 1.82) is 5.41 Å². The standard InChI is InChI=1S/C19H18F3N3O/c1-19(21,22)13-7-3-11(4-8-13)15-16(12-5-9-14(20)10-6-12)24-18(23)25(2)17(15)26/h3-10,15-16H,1-2H3,(H2,23,24)/t15-,16?/m1/s1. The van der Waals surface area contributed by atoms with E-state index in [4.69, 9.17) is 5.41 Å². The Morgan fingerprint density at radius 2 is 1.58 bits per heavy atom. The number of guanidine groups is 1. The Morgan fingerprint density at radius 3 is 2.12 bits per heavy atom. The molecule has 1 aliphatic heterocycles. The number of benzene rings is 2. The molecule has 0 bridgehead atoms. The van der Waals surface area contributed by atoms with Gasteiger partial charge in [-0.25, -0.2) is 13.2 Å². The molecule has 1 unspecified atom stereocenters. The monoisotopic (exact) mass is 361 g/mol. The molecule has 2 aromatic rings. The van der Waals surface area contributed by atoms with Gasteiger partial charge < -0.3 is 5.32 Å². The highest BCUT2D eigenvalue weighted by Gasteiger charge is 2.39. The summed E-state index contributed by atoms with van der Waals surface area (Å²) < 4.78 is 40.1. The number of amides is 1. The van der Waals surface area contributed by atoms with Crippen LogP contribution in [0.25, 0.3) is 0 Å². The number of alkyl halides is 2. The van der Waals surface area contributed by atoms with Gasteiger partial charge in [0, 0.05) is 19.5 Å². The van der Waals surface area contributed by atoms with Crippen molar-refractivity contribution in [2.45, 2.75) is 24.8 Å². The number of halogens is 3. The van der Waals surface area contributed by atoms with Gasteiger partial charge in [-0.05, 0) is 23.3 Å². The second-order valence-corrected chi connectivity index (χ2v) is 6.41. The Labute approximate surface area is 149 Å². The van der Waals surface area contributed by atoms with Crippen LogP contribution in [-0.4, -0.2) is 23.8 Å². The van der Waals surface area contributed by atoms with E-state index in [0.29, 0.717) is 11.1 Å². The third kappa shape index (κ3) is 3.29. The summed E-state index contributed by atoms with van der Waals surface area (Å²) in [5.74, 6) is -4.51. The Morgan fingerprint density at radius 1 is 1.04 bits per heavy atom. The number of hydrogen-bond donors (Lipinski definition) is 2. The lowest BCUT2D eigenvalue weighted by molar-refractivity contribution is -0.130. The number of hydrogen-bond acceptors (Lipinski definition) is 2. The predicted octanol–water partition coefficient (Wildman–Crippen LogP) is 3.76. The fraction of sp³-hybridized carbons (Fsp3) is 0.263. The van der Waals surface area contributed by atoms with Crippen LogP contribution < -0.4 is 5.32 Å². The first kappa shape index (κ1) is 18.0. The van der Waals surface area contributed by atoms with Crippen molar-refractivity contribution in [3.05, 3.63) is 71.0 Å². The highest BCUT2D eigenvalue weighted by atomic mass is 19.3. The maximum absolute atomic E-state index is 13.4. The van der Waals surface area contributed by atoms with E-state index in [2.05, 4.69) is 5.32 Å². The van der Waals surface area contributed by atoms with Gasteiger partial charge in [0.25, 0.3) is 5.92 Å². The van der Waals surface area contributed by atoms with Crippen molar-refractivity contribution in [3.63, 3.8) is 0 Å². The summed E-state index contributed by atoms with van der Waals surface area (Å²) in [6.07, 6.45) is 0. The normalized spacial score (nSPS) is 20.9. The average Bonchev–Trinajstić information content (AvgIpc) is 2.59. The van der Waals surface area contributed by atoms with Gasteiger partial charge in [0.2, 0.25) is 5.91 Å². The molecule has 0 aliphatic carbocycles. The topological polar surface area (TPSA) is 56.2 Å². The zero-order valence-corrected chi connectivity index (χ0v) is 14.3. The van der Waals surface area contributed by atoms with Crippen LogP contribution in [0.5, 0.6) is 0 Å². The molecule has 2 aromatic carbocycles. The van der Waals surface area contributed by atoms with E-state index < -0.39 is 23.7 Å². The minimum atomic E-state index is -2.97. The van der Waals surface area contributed by atoms with E-state index >= 15 is 0 Å². The SMILES string of the molecule is CN1C(=N)NC(c2ccc(F)cc2)[C@@H](c2ccc(C(C)(F)F)cc2)C1=O. The largest absolute Gasteiger partial charge is 0.348 e. The van der Waals surface area contributed by atoms with Crippen LogP contribution >= 0.6 is 0 Å². The molecule has 3 rings (SSSR count). The van der Waals surface area contributed by atoms with Gasteiger partial charge in [-0.15, -0.1) is 0 Å². The molecule has 0 spiro atoms. The maximum atomic E-state index is 13.4. The molecule has 1 saturated heterocycles. The molecule has 4 nitrogen and oxygen atoms in total. The molecule has 0 saturated carbocycles. The van der Waals surface area contributed by atoms with Crippen molar-refractivity contribution in [2.75, 3.05) is 7.05 Å². The van der Waals surface area contributed by atoms with Crippen LogP contribution in [-0.2, 0) is 10.7 Å². The van der Waals surface area contributed by atoms with Crippen LogP contribution in [0.3, 0.4) is 0 Å². The van der Waals surface area contributed by atoms with E-state index in [-0.39, 0.29) is 17.4 Å². The number of nitrogens with zero attached hydrogens (tertiary/aromatic N) is 1. The average molecular weight is 361 g/mol. The summed E-state index contributed by atoms with van der Waals surface area (Å²) in [6, 6.07) is 10.6. The summed E-state index contributed by atoms with van der Waals surface area (Å²) in [5, 5.41) is 10.9. The van der Waals surface area contributed by atoms with Crippen LogP contribution in [0.15, 0.2) is 48.5 Å². The third-order valence-corrected chi connectivity index (χ3v) is 4.56. The molecule has 2 atom stereocenters. The molecule has 136 valence electrons. The summed E-state index contributed by atoms with van der Waals surface area (Å²) in [5.41, 5.74) is 1.04. The quantitative estimate of drug-likeness (QED) is 0.875. The summed E-state index contributed by atoms with van der Waals surface area (Å²) >= 11 is 0. The first-order valence-corrected chi connectivity index (χ1v) is 8.05.